The number of ether oxygens (including phenoxy) is 1. The van der Waals surface area contributed by atoms with Crippen LogP contribution in [0.3, 0.4) is 0 Å². The van der Waals surface area contributed by atoms with E-state index in [4.69, 9.17) is 4.74 Å². The van der Waals surface area contributed by atoms with E-state index in [9.17, 15) is 23.2 Å². The van der Waals surface area contributed by atoms with Crippen molar-refractivity contribution in [3.8, 4) is 0 Å². The first-order valence-electron chi connectivity index (χ1n) is 7.47. The number of rotatable bonds is 8. The van der Waals surface area contributed by atoms with Crippen molar-refractivity contribution in [2.75, 3.05) is 20.2 Å². The van der Waals surface area contributed by atoms with Gasteiger partial charge in [-0.05, 0) is 36.7 Å². The van der Waals surface area contributed by atoms with Crippen molar-refractivity contribution in [2.24, 2.45) is 0 Å². The molecule has 1 aliphatic carbocycles. The number of pyridine rings is 1. The normalized spacial score (nSPS) is 13.4. The van der Waals surface area contributed by atoms with E-state index in [1.165, 1.54) is 25.4 Å². The van der Waals surface area contributed by atoms with Crippen LogP contribution in [0.25, 0.3) is 0 Å². The number of amides is 2. The molecule has 136 valence electrons. The molecule has 1 heterocycles. The predicted octanol–water partition coefficient (Wildman–Crippen LogP) is 1.29. The van der Waals surface area contributed by atoms with Crippen LogP contribution in [0.4, 0.5) is 8.78 Å². The second-order valence-electron chi connectivity index (χ2n) is 5.40. The Kier molecular flexibility index (Phi) is 6.68. The van der Waals surface area contributed by atoms with Gasteiger partial charge < -0.3 is 15.0 Å². The summed E-state index contributed by atoms with van der Waals surface area (Å²) in [5.41, 5.74) is -0.144. The van der Waals surface area contributed by atoms with Gasteiger partial charge in [0.15, 0.2) is 6.61 Å². The molecule has 0 radical (unpaired) electrons. The largest absolute Gasteiger partial charge is 0.452 e. The zero-order valence-corrected chi connectivity index (χ0v) is 14.2. The lowest BCUT2D eigenvalue weighted by Gasteiger charge is -2.16. The number of thioether (sulfide) groups is 1. The van der Waals surface area contributed by atoms with E-state index >= 15 is 0 Å². The molecule has 0 atom stereocenters. The van der Waals surface area contributed by atoms with Gasteiger partial charge >= 0.3 is 5.97 Å². The second-order valence-corrected chi connectivity index (χ2v) is 6.38. The van der Waals surface area contributed by atoms with Crippen LogP contribution in [0.2, 0.25) is 0 Å². The van der Waals surface area contributed by atoms with Crippen LogP contribution in [-0.2, 0) is 14.3 Å². The molecule has 2 rings (SSSR count). The summed E-state index contributed by atoms with van der Waals surface area (Å²) in [6, 6.07) is 2.88. The van der Waals surface area contributed by atoms with E-state index in [1.807, 2.05) is 0 Å². The minimum atomic E-state index is -2.74. The third kappa shape index (κ3) is 6.29. The molecule has 0 aromatic carbocycles. The van der Waals surface area contributed by atoms with Crippen molar-refractivity contribution in [3.63, 3.8) is 0 Å². The lowest BCUT2D eigenvalue weighted by atomic mass is 10.3. The van der Waals surface area contributed by atoms with E-state index in [-0.39, 0.29) is 40.8 Å². The van der Waals surface area contributed by atoms with Crippen molar-refractivity contribution >= 4 is 29.5 Å². The fraction of sp³-hybridized carbons (Fsp3) is 0.467. The summed E-state index contributed by atoms with van der Waals surface area (Å²) in [7, 11) is 1.41. The first kappa shape index (κ1) is 19.1. The molecular weight excluding hydrogens is 356 g/mol. The summed E-state index contributed by atoms with van der Waals surface area (Å²) >= 11 is 0.120. The Morgan fingerprint density at radius 2 is 2.16 bits per heavy atom. The Bertz CT molecular complexity index is 655. The Morgan fingerprint density at radius 1 is 1.44 bits per heavy atom. The Morgan fingerprint density at radius 3 is 2.80 bits per heavy atom. The van der Waals surface area contributed by atoms with Crippen LogP contribution in [-0.4, -0.2) is 59.7 Å². The Hall–Kier alpha value is -2.23. The smallest absolute Gasteiger partial charge is 0.341 e. The predicted molar refractivity (Wildman–Crippen MR) is 85.2 cm³/mol. The zero-order chi connectivity index (χ0) is 18.4. The molecule has 1 fully saturated rings. The maximum atomic E-state index is 12.5. The van der Waals surface area contributed by atoms with Crippen LogP contribution in [0.1, 0.15) is 23.2 Å². The van der Waals surface area contributed by atoms with Gasteiger partial charge in [0.1, 0.15) is 5.03 Å². The number of carbonyl (C=O) groups excluding carboxylic acids is 3. The average Bonchev–Trinajstić information content (AvgIpc) is 3.35. The van der Waals surface area contributed by atoms with Gasteiger partial charge in [0.05, 0.1) is 12.1 Å². The number of esters is 1. The fourth-order valence-electron chi connectivity index (χ4n) is 1.84. The fourth-order valence-corrected chi connectivity index (χ4v) is 2.41. The number of alkyl halides is 2. The number of hydrogen-bond acceptors (Lipinski definition) is 6. The van der Waals surface area contributed by atoms with Crippen LogP contribution < -0.4 is 5.32 Å². The Balaban J connectivity index is 1.84. The van der Waals surface area contributed by atoms with Crippen LogP contribution in [0, 0.1) is 0 Å². The van der Waals surface area contributed by atoms with Gasteiger partial charge in [-0.3, -0.25) is 9.59 Å². The van der Waals surface area contributed by atoms with Gasteiger partial charge in [0.2, 0.25) is 5.91 Å². The van der Waals surface area contributed by atoms with Crippen LogP contribution in [0.15, 0.2) is 23.4 Å². The van der Waals surface area contributed by atoms with E-state index in [1.54, 1.807) is 0 Å². The maximum absolute atomic E-state index is 12.5. The first-order chi connectivity index (χ1) is 11.9. The molecule has 1 aromatic heterocycles. The molecular formula is C15H17F2N3O4S. The summed E-state index contributed by atoms with van der Waals surface area (Å²) in [5.74, 6) is -4.53. The highest BCUT2D eigenvalue weighted by Crippen LogP contribution is 2.26. The molecule has 0 unspecified atom stereocenters. The van der Waals surface area contributed by atoms with Crippen molar-refractivity contribution in [1.29, 1.82) is 0 Å². The number of halogens is 2. The minimum Gasteiger partial charge on any atom is -0.452 e. The highest BCUT2D eigenvalue weighted by molar-refractivity contribution is 7.99. The van der Waals surface area contributed by atoms with Gasteiger partial charge in [-0.1, -0.05) is 0 Å². The molecule has 2 amide bonds. The van der Waals surface area contributed by atoms with E-state index in [0.29, 0.717) is 0 Å². The van der Waals surface area contributed by atoms with Crippen LogP contribution >= 0.6 is 11.8 Å². The SMILES string of the molecule is CN(CC(=O)NC1CC1)C(=O)COC(=O)c1cccnc1SC(F)F. The monoisotopic (exact) mass is 373 g/mol. The molecule has 25 heavy (non-hydrogen) atoms. The number of aromatic nitrogens is 1. The zero-order valence-electron chi connectivity index (χ0n) is 13.4. The maximum Gasteiger partial charge on any atom is 0.341 e. The van der Waals surface area contributed by atoms with Gasteiger partial charge in [-0.15, -0.1) is 0 Å². The van der Waals surface area contributed by atoms with Crippen molar-refractivity contribution in [1.82, 2.24) is 15.2 Å². The quantitative estimate of drug-likeness (QED) is 0.546. The van der Waals surface area contributed by atoms with Crippen molar-refractivity contribution in [3.05, 3.63) is 23.9 Å². The van der Waals surface area contributed by atoms with Gasteiger partial charge in [0.25, 0.3) is 11.7 Å². The molecule has 10 heteroatoms. The van der Waals surface area contributed by atoms with Gasteiger partial charge in [0, 0.05) is 19.3 Å². The molecule has 1 aliphatic rings. The number of hydrogen-bond donors (Lipinski definition) is 1. The molecule has 7 nitrogen and oxygen atoms in total. The number of nitrogens with one attached hydrogen (secondary N) is 1. The summed E-state index contributed by atoms with van der Waals surface area (Å²) in [5, 5.41) is 2.56. The number of carbonyl (C=O) groups is 3. The minimum absolute atomic E-state index is 0.120. The average molecular weight is 373 g/mol. The topological polar surface area (TPSA) is 88.6 Å². The van der Waals surface area contributed by atoms with Gasteiger partial charge in [-0.2, -0.15) is 8.78 Å². The molecule has 0 aliphatic heterocycles. The van der Waals surface area contributed by atoms with E-state index in [0.717, 1.165) is 17.7 Å². The number of nitrogens with zero attached hydrogens (tertiary/aromatic N) is 2. The molecule has 1 aromatic rings. The summed E-state index contributed by atoms with van der Waals surface area (Å²) < 4.78 is 29.8. The summed E-state index contributed by atoms with van der Waals surface area (Å²) in [6.07, 6.45) is 3.15. The molecule has 0 spiro atoms. The van der Waals surface area contributed by atoms with Crippen LogP contribution in [0.5, 0.6) is 0 Å². The van der Waals surface area contributed by atoms with Gasteiger partial charge in [-0.25, -0.2) is 9.78 Å². The third-order valence-electron chi connectivity index (χ3n) is 3.27. The standard InChI is InChI=1S/C15H17F2N3O4S/c1-20(7-11(21)19-9-4-5-9)12(22)8-24-14(23)10-3-2-6-18-13(10)25-15(16)17/h2-3,6,9,15H,4-5,7-8H2,1H3,(H,19,21). The van der Waals surface area contributed by atoms with Crippen molar-refractivity contribution in [2.45, 2.75) is 29.7 Å². The molecule has 0 saturated heterocycles. The molecule has 0 bridgehead atoms. The first-order valence-corrected chi connectivity index (χ1v) is 8.35. The second kappa shape index (κ2) is 8.75. The highest BCUT2D eigenvalue weighted by Gasteiger charge is 2.25. The highest BCUT2D eigenvalue weighted by atomic mass is 32.2. The molecule has 1 N–H and O–H groups in total. The lowest BCUT2D eigenvalue weighted by Crippen LogP contribution is -2.40. The Labute approximate surface area is 147 Å². The van der Waals surface area contributed by atoms with E-state index in [2.05, 4.69) is 10.3 Å². The van der Waals surface area contributed by atoms with Crippen molar-refractivity contribution < 1.29 is 27.9 Å². The third-order valence-corrected chi connectivity index (χ3v) is 3.99. The number of likely N-dealkylation sites (N-methyl/N-ethyl adjacent to an activating group) is 1. The van der Waals surface area contributed by atoms with E-state index < -0.39 is 24.2 Å². The summed E-state index contributed by atoms with van der Waals surface area (Å²) in [6.45, 7) is -0.744. The lowest BCUT2D eigenvalue weighted by molar-refractivity contribution is -0.137. The molecule has 1 saturated carbocycles. The summed E-state index contributed by atoms with van der Waals surface area (Å²) in [4.78, 5) is 40.3.